The first-order valence-electron chi connectivity index (χ1n) is 14.9. The number of hydrogen-bond donors (Lipinski definition) is 3. The molecule has 10 nitrogen and oxygen atoms in total. The Morgan fingerprint density at radius 3 is 2.62 bits per heavy atom. The van der Waals surface area contributed by atoms with Crippen LogP contribution in [0.1, 0.15) is 35.2 Å². The molecule has 3 heterocycles. The Balaban J connectivity index is 1.01. The highest BCUT2D eigenvalue weighted by molar-refractivity contribution is 6.07. The van der Waals surface area contributed by atoms with Crippen molar-refractivity contribution in [3.8, 4) is 40.0 Å². The number of carbonyl (C=O) groups is 2. The van der Waals surface area contributed by atoms with Crippen molar-refractivity contribution in [2.45, 2.75) is 32.2 Å². The van der Waals surface area contributed by atoms with Crippen LogP contribution >= 0.6 is 0 Å². The van der Waals surface area contributed by atoms with Gasteiger partial charge in [0.2, 0.25) is 12.5 Å². The van der Waals surface area contributed by atoms with Gasteiger partial charge in [0.25, 0.3) is 5.91 Å². The number of pyridine rings is 1. The maximum absolute atomic E-state index is 13.0. The fourth-order valence-electron chi connectivity index (χ4n) is 6.08. The molecule has 4 N–H and O–H groups in total. The Morgan fingerprint density at radius 2 is 1.80 bits per heavy atom. The number of unbranched alkanes of at least 4 members (excludes halogenated alkanes) is 1. The molecule has 5 aromatic rings. The van der Waals surface area contributed by atoms with Crippen LogP contribution in [0.3, 0.4) is 0 Å². The van der Waals surface area contributed by atoms with Gasteiger partial charge in [-0.1, -0.05) is 24.3 Å². The first kappa shape index (κ1) is 28.3. The van der Waals surface area contributed by atoms with E-state index in [1.54, 1.807) is 31.4 Å². The number of anilines is 1. The third kappa shape index (κ3) is 5.18. The minimum absolute atomic E-state index is 0.110. The summed E-state index contributed by atoms with van der Waals surface area (Å²) in [7, 11) is 1.55. The number of phenols is 1. The van der Waals surface area contributed by atoms with Gasteiger partial charge in [-0.05, 0) is 54.1 Å². The molecule has 45 heavy (non-hydrogen) atoms. The molecule has 1 aromatic heterocycles. The standard InChI is InChI=1S/C35H31N3O7/c1-42-29-10-9-20-14-28-24-17-31-30(43-19-44-31)15-21(24)11-13-38(28)18-26(20)34(29)45-32(39)8-4-5-12-37-35(41)25-16-27(36)22-6-2-3-7-23(22)33(25)40/h2-3,6-7,9-10,14-18H,4-5,8,11-13,19,36H2,1H3,(H-,37,40,41)/p+1. The van der Waals surface area contributed by atoms with Gasteiger partial charge in [-0.25, -0.2) is 0 Å². The molecule has 0 bridgehead atoms. The fourth-order valence-corrected chi connectivity index (χ4v) is 6.08. The smallest absolute Gasteiger partial charge is 0.311 e. The zero-order valence-electron chi connectivity index (χ0n) is 24.7. The lowest BCUT2D eigenvalue weighted by molar-refractivity contribution is -0.686. The van der Waals surface area contributed by atoms with Crippen molar-refractivity contribution < 1.29 is 38.2 Å². The number of rotatable bonds is 8. The van der Waals surface area contributed by atoms with Crippen molar-refractivity contribution in [2.24, 2.45) is 0 Å². The van der Waals surface area contributed by atoms with Gasteiger partial charge in [0.05, 0.1) is 23.6 Å². The zero-order valence-corrected chi connectivity index (χ0v) is 24.7. The predicted molar refractivity (Wildman–Crippen MR) is 168 cm³/mol. The Labute approximate surface area is 258 Å². The lowest BCUT2D eigenvalue weighted by Crippen LogP contribution is -2.40. The number of aryl methyl sites for hydroxylation is 2. The van der Waals surface area contributed by atoms with Gasteiger partial charge >= 0.3 is 5.97 Å². The normalized spacial score (nSPS) is 12.9. The van der Waals surface area contributed by atoms with Gasteiger partial charge in [0.15, 0.2) is 35.7 Å². The monoisotopic (exact) mass is 606 g/mol. The van der Waals surface area contributed by atoms with E-state index < -0.39 is 11.9 Å². The molecule has 0 unspecified atom stereocenters. The van der Waals surface area contributed by atoms with E-state index in [0.29, 0.717) is 47.3 Å². The van der Waals surface area contributed by atoms with E-state index in [4.69, 9.17) is 24.7 Å². The fraction of sp³-hybridized carbons (Fsp3) is 0.229. The summed E-state index contributed by atoms with van der Waals surface area (Å²) in [6, 6.07) is 18.5. The third-order valence-corrected chi connectivity index (χ3v) is 8.40. The van der Waals surface area contributed by atoms with Gasteiger partial charge < -0.3 is 35.1 Å². The molecule has 0 saturated heterocycles. The van der Waals surface area contributed by atoms with Gasteiger partial charge in [-0.15, -0.1) is 0 Å². The van der Waals surface area contributed by atoms with Gasteiger partial charge in [-0.2, -0.15) is 4.57 Å². The molecule has 0 fully saturated rings. The van der Waals surface area contributed by atoms with Crippen molar-refractivity contribution >= 4 is 39.1 Å². The second kappa shape index (κ2) is 11.5. The maximum Gasteiger partial charge on any atom is 0.311 e. The number of amides is 1. The topological polar surface area (TPSA) is 133 Å². The van der Waals surface area contributed by atoms with E-state index in [1.165, 1.54) is 11.6 Å². The predicted octanol–water partition coefficient (Wildman–Crippen LogP) is 5.03. The molecule has 0 atom stereocenters. The number of methoxy groups -OCH3 is 1. The van der Waals surface area contributed by atoms with Crippen LogP contribution < -0.4 is 34.6 Å². The number of carbonyl (C=O) groups excluding carboxylic acids is 2. The number of benzene rings is 4. The third-order valence-electron chi connectivity index (χ3n) is 8.40. The number of nitrogens with two attached hydrogens (primary N) is 1. The highest BCUT2D eigenvalue weighted by Crippen LogP contribution is 2.42. The summed E-state index contributed by atoms with van der Waals surface area (Å²) in [5, 5.41) is 16.3. The number of esters is 1. The average molecular weight is 607 g/mol. The second-order valence-corrected chi connectivity index (χ2v) is 11.2. The molecule has 228 valence electrons. The molecular formula is C35H32N3O7+. The number of ether oxygens (including phenoxy) is 4. The molecule has 4 aromatic carbocycles. The number of hydrogen-bond acceptors (Lipinski definition) is 8. The number of nitrogens with one attached hydrogen (secondary N) is 1. The largest absolute Gasteiger partial charge is 0.506 e. The van der Waals surface area contributed by atoms with E-state index in [2.05, 4.69) is 22.0 Å². The molecule has 1 amide bonds. The summed E-state index contributed by atoms with van der Waals surface area (Å²) < 4.78 is 24.8. The van der Waals surface area contributed by atoms with Crippen LogP contribution in [0.25, 0.3) is 32.8 Å². The Kier molecular flexibility index (Phi) is 7.25. The number of nitrogens with zero attached hydrogens (tertiary/aromatic N) is 1. The van der Waals surface area contributed by atoms with Crippen LogP contribution in [0.5, 0.6) is 28.7 Å². The zero-order chi connectivity index (χ0) is 31.1. The average Bonchev–Trinajstić information content (AvgIpc) is 3.52. The highest BCUT2D eigenvalue weighted by atomic mass is 16.7. The van der Waals surface area contributed by atoms with E-state index in [0.717, 1.165) is 46.5 Å². The number of phenolic OH excluding ortho intramolecular Hbond substituents is 1. The van der Waals surface area contributed by atoms with Crippen LogP contribution in [0.2, 0.25) is 0 Å². The lowest BCUT2D eigenvalue weighted by Gasteiger charge is -2.17. The van der Waals surface area contributed by atoms with Crippen LogP contribution in [0.15, 0.2) is 66.9 Å². The van der Waals surface area contributed by atoms with Crippen LogP contribution in [-0.4, -0.2) is 37.4 Å². The summed E-state index contributed by atoms with van der Waals surface area (Å²) in [6.45, 7) is 1.31. The molecule has 10 heteroatoms. The van der Waals surface area contributed by atoms with Crippen LogP contribution in [0, 0.1) is 0 Å². The van der Waals surface area contributed by atoms with E-state index in [1.807, 2.05) is 24.4 Å². The van der Waals surface area contributed by atoms with E-state index in [-0.39, 0.29) is 24.5 Å². The lowest BCUT2D eigenvalue weighted by atomic mass is 9.95. The molecule has 2 aliphatic rings. The van der Waals surface area contributed by atoms with E-state index in [9.17, 15) is 14.7 Å². The quantitative estimate of drug-likeness (QED) is 0.0559. The molecule has 0 spiro atoms. The Morgan fingerprint density at radius 1 is 1.00 bits per heavy atom. The minimum Gasteiger partial charge on any atom is -0.506 e. The number of nitrogen functional groups attached to an aromatic ring is 1. The number of aromatic hydroxyl groups is 1. The van der Waals surface area contributed by atoms with Gasteiger partial charge in [0, 0.05) is 41.9 Å². The number of fused-ring (bicyclic) bond motifs is 6. The van der Waals surface area contributed by atoms with Gasteiger partial charge in [-0.3, -0.25) is 9.59 Å². The first-order chi connectivity index (χ1) is 21.9. The summed E-state index contributed by atoms with van der Waals surface area (Å²) in [6.07, 6.45) is 4.03. The molecule has 0 radical (unpaired) electrons. The molecule has 7 rings (SSSR count). The van der Waals surface area contributed by atoms with Crippen molar-refractivity contribution in [1.82, 2.24) is 5.32 Å². The van der Waals surface area contributed by atoms with E-state index >= 15 is 0 Å². The van der Waals surface area contributed by atoms with Crippen LogP contribution in [0.4, 0.5) is 5.69 Å². The summed E-state index contributed by atoms with van der Waals surface area (Å²) >= 11 is 0. The summed E-state index contributed by atoms with van der Waals surface area (Å²) in [5.41, 5.74) is 9.97. The van der Waals surface area contributed by atoms with Crippen LogP contribution in [-0.2, 0) is 17.8 Å². The molecule has 2 aliphatic heterocycles. The van der Waals surface area contributed by atoms with Crippen molar-refractivity contribution in [3.05, 3.63) is 78.0 Å². The molecule has 0 aliphatic carbocycles. The SMILES string of the molecule is COc1ccc2cc3[n+](cc2c1OC(=O)CCCCNC(=O)c1cc(N)c2ccccc2c1O)CCc1cc2c(cc1-3)OCO2. The second-order valence-electron chi connectivity index (χ2n) is 11.2. The Bertz CT molecular complexity index is 2010. The van der Waals surface area contributed by atoms with Crippen molar-refractivity contribution in [3.63, 3.8) is 0 Å². The first-order valence-corrected chi connectivity index (χ1v) is 14.9. The van der Waals surface area contributed by atoms with Gasteiger partial charge in [0.1, 0.15) is 5.75 Å². The highest BCUT2D eigenvalue weighted by Gasteiger charge is 2.29. The van der Waals surface area contributed by atoms with Crippen molar-refractivity contribution in [1.29, 1.82) is 0 Å². The minimum atomic E-state index is -0.429. The maximum atomic E-state index is 13.0. The summed E-state index contributed by atoms with van der Waals surface area (Å²) in [5.74, 6) is 1.43. The molecule has 0 saturated carbocycles. The molecular weight excluding hydrogens is 574 g/mol. The number of aromatic nitrogens is 1. The van der Waals surface area contributed by atoms with Crippen molar-refractivity contribution in [2.75, 3.05) is 26.2 Å². The Hall–Kier alpha value is -5.51. The summed E-state index contributed by atoms with van der Waals surface area (Å²) in [4.78, 5) is 25.7.